The van der Waals surface area contributed by atoms with E-state index in [0.29, 0.717) is 6.61 Å². The third kappa shape index (κ3) is 2.99. The molecule has 1 amide bonds. The van der Waals surface area contributed by atoms with E-state index in [1.54, 1.807) is 0 Å². The van der Waals surface area contributed by atoms with Gasteiger partial charge < -0.3 is 10.1 Å². The van der Waals surface area contributed by atoms with E-state index in [4.69, 9.17) is 4.74 Å². The summed E-state index contributed by atoms with van der Waals surface area (Å²) in [5.41, 5.74) is 0. The molecule has 1 aliphatic rings. The van der Waals surface area contributed by atoms with Crippen molar-refractivity contribution in [1.82, 2.24) is 5.32 Å². The van der Waals surface area contributed by atoms with Gasteiger partial charge in [-0.05, 0) is 26.7 Å². The fourth-order valence-corrected chi connectivity index (χ4v) is 1.46. The zero-order valence-corrected chi connectivity index (χ0v) is 8.67. The van der Waals surface area contributed by atoms with Gasteiger partial charge in [0.05, 0.1) is 18.6 Å². The maximum absolute atomic E-state index is 11.6. The number of hydrogen-bond acceptors (Lipinski definition) is 2. The minimum Gasteiger partial charge on any atom is -0.378 e. The largest absolute Gasteiger partial charge is 0.378 e. The molecule has 13 heavy (non-hydrogen) atoms. The van der Waals surface area contributed by atoms with Gasteiger partial charge in [0.15, 0.2) is 0 Å². The molecule has 3 unspecified atom stereocenters. The number of carbonyl (C=O) groups excluding carboxylic acids is 1. The second kappa shape index (κ2) is 4.61. The van der Waals surface area contributed by atoms with Gasteiger partial charge in [-0.25, -0.2) is 0 Å². The number of carbonyl (C=O) groups is 1. The Balaban J connectivity index is 2.31. The zero-order chi connectivity index (χ0) is 9.84. The molecule has 0 aromatic carbocycles. The van der Waals surface area contributed by atoms with Gasteiger partial charge in [-0.15, -0.1) is 0 Å². The highest BCUT2D eigenvalue weighted by molar-refractivity contribution is 5.79. The zero-order valence-electron chi connectivity index (χ0n) is 8.67. The Labute approximate surface area is 79.8 Å². The van der Waals surface area contributed by atoms with E-state index in [-0.39, 0.29) is 24.0 Å². The van der Waals surface area contributed by atoms with Gasteiger partial charge in [0.2, 0.25) is 5.91 Å². The maximum Gasteiger partial charge on any atom is 0.225 e. The fraction of sp³-hybridized carbons (Fsp3) is 0.900. The molecule has 1 heterocycles. The van der Waals surface area contributed by atoms with Crippen molar-refractivity contribution in [2.75, 3.05) is 6.61 Å². The Morgan fingerprint density at radius 1 is 1.69 bits per heavy atom. The van der Waals surface area contributed by atoms with Crippen LogP contribution in [0.4, 0.5) is 0 Å². The molecule has 0 saturated carbocycles. The number of rotatable bonds is 3. The van der Waals surface area contributed by atoms with E-state index in [0.717, 1.165) is 12.8 Å². The lowest BCUT2D eigenvalue weighted by Crippen LogP contribution is -2.37. The molecule has 0 spiro atoms. The molecule has 0 aliphatic carbocycles. The quantitative estimate of drug-likeness (QED) is 0.720. The van der Waals surface area contributed by atoms with Gasteiger partial charge in [0.1, 0.15) is 0 Å². The molecule has 3 atom stereocenters. The second-order valence-electron chi connectivity index (χ2n) is 3.89. The van der Waals surface area contributed by atoms with E-state index in [2.05, 4.69) is 12.2 Å². The fourth-order valence-electron chi connectivity index (χ4n) is 1.46. The van der Waals surface area contributed by atoms with Gasteiger partial charge >= 0.3 is 0 Å². The predicted octanol–water partition coefficient (Wildman–Crippen LogP) is 1.33. The van der Waals surface area contributed by atoms with Crippen LogP contribution in [-0.2, 0) is 9.53 Å². The number of ether oxygens (including phenoxy) is 1. The van der Waals surface area contributed by atoms with Gasteiger partial charge in [-0.1, -0.05) is 6.92 Å². The highest BCUT2D eigenvalue weighted by Crippen LogP contribution is 2.19. The van der Waals surface area contributed by atoms with Crippen LogP contribution in [0.1, 0.15) is 33.6 Å². The summed E-state index contributed by atoms with van der Waals surface area (Å²) < 4.78 is 5.34. The Morgan fingerprint density at radius 2 is 2.38 bits per heavy atom. The average Bonchev–Trinajstić information content (AvgIpc) is 2.51. The van der Waals surface area contributed by atoms with Crippen molar-refractivity contribution in [2.24, 2.45) is 5.92 Å². The molecule has 1 rings (SSSR count). The number of nitrogens with one attached hydrogen (secondary N) is 1. The second-order valence-corrected chi connectivity index (χ2v) is 3.89. The van der Waals surface area contributed by atoms with Crippen molar-refractivity contribution >= 4 is 5.91 Å². The molecule has 0 radical (unpaired) electrons. The Kier molecular flexibility index (Phi) is 3.72. The molecule has 0 bridgehead atoms. The molecule has 76 valence electrons. The molecular weight excluding hydrogens is 166 g/mol. The summed E-state index contributed by atoms with van der Waals surface area (Å²) in [6.45, 7) is 6.69. The minimum absolute atomic E-state index is 0.0731. The van der Waals surface area contributed by atoms with Crippen LogP contribution >= 0.6 is 0 Å². The predicted molar refractivity (Wildman–Crippen MR) is 51.4 cm³/mol. The SMILES string of the molecule is CCC(C)NC(=O)C1COC(C)C1. The molecule has 1 N–H and O–H groups in total. The first-order valence-corrected chi connectivity index (χ1v) is 5.05. The standard InChI is InChI=1S/C10H19NO2/c1-4-7(2)11-10(12)9-5-8(3)13-6-9/h7-9H,4-6H2,1-3H3,(H,11,12). The normalized spacial score (nSPS) is 30.1. The van der Waals surface area contributed by atoms with Crippen molar-refractivity contribution in [3.63, 3.8) is 0 Å². The first kappa shape index (κ1) is 10.5. The third-order valence-corrected chi connectivity index (χ3v) is 2.57. The Bertz CT molecular complexity index is 182. The van der Waals surface area contributed by atoms with Crippen molar-refractivity contribution in [1.29, 1.82) is 0 Å². The van der Waals surface area contributed by atoms with Gasteiger partial charge in [-0.2, -0.15) is 0 Å². The van der Waals surface area contributed by atoms with Crippen LogP contribution in [0.3, 0.4) is 0 Å². The molecular formula is C10H19NO2. The summed E-state index contributed by atoms with van der Waals surface area (Å²) in [6, 6.07) is 0.281. The monoisotopic (exact) mass is 185 g/mol. The highest BCUT2D eigenvalue weighted by atomic mass is 16.5. The first-order valence-electron chi connectivity index (χ1n) is 5.05. The molecule has 1 fully saturated rings. The van der Waals surface area contributed by atoms with Crippen LogP contribution in [0.5, 0.6) is 0 Å². The molecule has 1 aliphatic heterocycles. The third-order valence-electron chi connectivity index (χ3n) is 2.57. The summed E-state index contributed by atoms with van der Waals surface area (Å²) in [6.07, 6.45) is 2.09. The minimum atomic E-state index is 0.0731. The maximum atomic E-state index is 11.6. The van der Waals surface area contributed by atoms with Gasteiger partial charge in [0, 0.05) is 6.04 Å². The van der Waals surface area contributed by atoms with E-state index < -0.39 is 0 Å². The lowest BCUT2D eigenvalue weighted by atomic mass is 10.1. The van der Waals surface area contributed by atoms with Crippen LogP contribution in [0.2, 0.25) is 0 Å². The molecule has 3 nitrogen and oxygen atoms in total. The topological polar surface area (TPSA) is 38.3 Å². The summed E-state index contributed by atoms with van der Waals surface area (Å²) >= 11 is 0. The van der Waals surface area contributed by atoms with Gasteiger partial charge in [0.25, 0.3) is 0 Å². The van der Waals surface area contributed by atoms with Crippen LogP contribution in [0.25, 0.3) is 0 Å². The van der Waals surface area contributed by atoms with Crippen LogP contribution in [0, 0.1) is 5.92 Å². The van der Waals surface area contributed by atoms with Crippen molar-refractivity contribution in [3.8, 4) is 0 Å². The van der Waals surface area contributed by atoms with Crippen molar-refractivity contribution < 1.29 is 9.53 Å². The Hall–Kier alpha value is -0.570. The number of hydrogen-bond donors (Lipinski definition) is 1. The first-order chi connectivity index (χ1) is 6.13. The lowest BCUT2D eigenvalue weighted by Gasteiger charge is -2.14. The summed E-state index contributed by atoms with van der Waals surface area (Å²) in [5.74, 6) is 0.225. The lowest BCUT2D eigenvalue weighted by molar-refractivity contribution is -0.125. The van der Waals surface area contributed by atoms with Crippen molar-refractivity contribution in [2.45, 2.75) is 45.8 Å². The molecule has 0 aromatic heterocycles. The summed E-state index contributed by atoms with van der Waals surface area (Å²) in [7, 11) is 0. The van der Waals surface area contributed by atoms with Crippen LogP contribution < -0.4 is 5.32 Å². The smallest absolute Gasteiger partial charge is 0.225 e. The summed E-state index contributed by atoms with van der Waals surface area (Å²) in [4.78, 5) is 11.6. The van der Waals surface area contributed by atoms with Gasteiger partial charge in [-0.3, -0.25) is 4.79 Å². The van der Waals surface area contributed by atoms with E-state index >= 15 is 0 Å². The van der Waals surface area contributed by atoms with E-state index in [9.17, 15) is 4.79 Å². The van der Waals surface area contributed by atoms with Crippen LogP contribution in [0.15, 0.2) is 0 Å². The Morgan fingerprint density at radius 3 is 2.85 bits per heavy atom. The summed E-state index contributed by atoms with van der Waals surface area (Å²) in [5, 5.41) is 2.97. The molecule has 0 aromatic rings. The van der Waals surface area contributed by atoms with E-state index in [1.165, 1.54) is 0 Å². The highest BCUT2D eigenvalue weighted by Gasteiger charge is 2.28. The molecule has 3 heteroatoms. The number of amides is 1. The van der Waals surface area contributed by atoms with Crippen LogP contribution in [-0.4, -0.2) is 24.7 Å². The molecule has 1 saturated heterocycles. The van der Waals surface area contributed by atoms with E-state index in [1.807, 2.05) is 13.8 Å². The average molecular weight is 185 g/mol. The van der Waals surface area contributed by atoms with Crippen molar-refractivity contribution in [3.05, 3.63) is 0 Å².